The van der Waals surface area contributed by atoms with Crippen molar-refractivity contribution in [2.75, 3.05) is 17.1 Å². The number of rotatable bonds is 9. The van der Waals surface area contributed by atoms with Gasteiger partial charge in [-0.1, -0.05) is 18.5 Å². The lowest BCUT2D eigenvalue weighted by atomic mass is 10.2. The molecule has 0 aromatic heterocycles. The number of carbonyl (C=O) groups excluding carboxylic acids is 1. The van der Waals surface area contributed by atoms with Crippen molar-refractivity contribution in [3.8, 4) is 11.5 Å². The van der Waals surface area contributed by atoms with Crippen molar-refractivity contribution >= 4 is 38.9 Å². The van der Waals surface area contributed by atoms with Crippen LogP contribution in [0.25, 0.3) is 0 Å². The van der Waals surface area contributed by atoms with Crippen molar-refractivity contribution in [1.82, 2.24) is 0 Å². The highest BCUT2D eigenvalue weighted by Crippen LogP contribution is 2.36. The number of hydrogen-bond acceptors (Lipinski definition) is 5. The number of sulfonamides is 1. The van der Waals surface area contributed by atoms with Gasteiger partial charge in [0.1, 0.15) is 11.5 Å². The number of methoxy groups -OCH3 is 1. The summed E-state index contributed by atoms with van der Waals surface area (Å²) in [6.07, 6.45) is -5.18. The van der Waals surface area contributed by atoms with E-state index in [0.717, 1.165) is 12.1 Å². The van der Waals surface area contributed by atoms with E-state index in [1.165, 1.54) is 31.4 Å². The molecule has 7 nitrogen and oxygen atoms in total. The van der Waals surface area contributed by atoms with E-state index in [9.17, 15) is 26.4 Å². The third-order valence-electron chi connectivity index (χ3n) is 4.96. The fraction of sp³-hybridized carbons (Fsp3) is 0.208. The van der Waals surface area contributed by atoms with Gasteiger partial charge in [-0.2, -0.15) is 13.2 Å². The fourth-order valence-electron chi connectivity index (χ4n) is 3.10. The molecule has 12 heteroatoms. The molecule has 3 rings (SSSR count). The van der Waals surface area contributed by atoms with Crippen LogP contribution in [-0.2, 0) is 21.0 Å². The van der Waals surface area contributed by atoms with E-state index >= 15 is 0 Å². The lowest BCUT2D eigenvalue weighted by molar-refractivity contribution is -0.137. The van der Waals surface area contributed by atoms with E-state index in [1.807, 2.05) is 0 Å². The standard InChI is InChI=1S/C24H22ClF3N2O5S/c1-3-22(35-18-9-7-17(34-2)8-10-18)23(31)29-15-4-11-19(12-5-15)36(32,33)30-16-6-13-21(25)20(14-16)24(26,27)28/h4-14,22,30H,3H2,1-2H3,(H,29,31)/t22-/m1/s1. The number of ether oxygens (including phenoxy) is 2. The largest absolute Gasteiger partial charge is 0.497 e. The predicted octanol–water partition coefficient (Wildman–Crippen LogP) is 5.96. The van der Waals surface area contributed by atoms with Crippen LogP contribution >= 0.6 is 11.6 Å². The molecular formula is C24H22ClF3N2O5S. The van der Waals surface area contributed by atoms with Crippen LogP contribution in [0.5, 0.6) is 11.5 Å². The maximum absolute atomic E-state index is 13.1. The van der Waals surface area contributed by atoms with E-state index in [2.05, 4.69) is 10.0 Å². The molecule has 0 radical (unpaired) electrons. The zero-order chi connectivity index (χ0) is 26.5. The van der Waals surface area contributed by atoms with Gasteiger partial charge in [-0.05, 0) is 73.2 Å². The van der Waals surface area contributed by atoms with Gasteiger partial charge in [0.15, 0.2) is 6.10 Å². The first-order valence-corrected chi connectivity index (χ1v) is 12.4. The fourth-order valence-corrected chi connectivity index (χ4v) is 4.38. The highest BCUT2D eigenvalue weighted by molar-refractivity contribution is 7.92. The van der Waals surface area contributed by atoms with Gasteiger partial charge >= 0.3 is 6.18 Å². The number of carbonyl (C=O) groups is 1. The number of halogens is 4. The van der Waals surface area contributed by atoms with Crippen LogP contribution in [0.3, 0.4) is 0 Å². The van der Waals surface area contributed by atoms with Crippen LogP contribution in [-0.4, -0.2) is 27.5 Å². The summed E-state index contributed by atoms with van der Waals surface area (Å²) in [5.74, 6) is 0.672. The Kier molecular flexibility index (Phi) is 8.36. The molecule has 36 heavy (non-hydrogen) atoms. The molecule has 2 N–H and O–H groups in total. The topological polar surface area (TPSA) is 93.7 Å². The Balaban J connectivity index is 1.68. The monoisotopic (exact) mass is 542 g/mol. The third-order valence-corrected chi connectivity index (χ3v) is 6.68. The third kappa shape index (κ3) is 6.82. The zero-order valence-electron chi connectivity index (χ0n) is 19.1. The second-order valence-corrected chi connectivity index (χ2v) is 9.59. The van der Waals surface area contributed by atoms with Crippen molar-refractivity contribution in [1.29, 1.82) is 0 Å². The summed E-state index contributed by atoms with van der Waals surface area (Å²) >= 11 is 5.57. The van der Waals surface area contributed by atoms with Crippen molar-refractivity contribution in [2.24, 2.45) is 0 Å². The summed E-state index contributed by atoms with van der Waals surface area (Å²) in [7, 11) is -2.68. The van der Waals surface area contributed by atoms with Crippen LogP contribution < -0.4 is 19.5 Å². The Morgan fingerprint density at radius 1 is 0.972 bits per heavy atom. The molecule has 0 saturated carbocycles. The minimum Gasteiger partial charge on any atom is -0.497 e. The van der Waals surface area contributed by atoms with E-state index in [1.54, 1.807) is 31.2 Å². The van der Waals surface area contributed by atoms with E-state index in [0.29, 0.717) is 29.7 Å². The SMILES string of the molecule is CC[C@@H](Oc1ccc(OC)cc1)C(=O)Nc1ccc(S(=O)(=O)Nc2ccc(Cl)c(C(F)(F)F)c2)cc1. The molecule has 3 aromatic rings. The molecule has 1 atom stereocenters. The summed E-state index contributed by atoms with van der Waals surface area (Å²) in [6, 6.07) is 14.6. The number of anilines is 2. The lowest BCUT2D eigenvalue weighted by Crippen LogP contribution is -2.32. The van der Waals surface area contributed by atoms with Gasteiger partial charge in [-0.25, -0.2) is 8.42 Å². The number of amides is 1. The van der Waals surface area contributed by atoms with E-state index in [-0.39, 0.29) is 10.6 Å². The highest BCUT2D eigenvalue weighted by atomic mass is 35.5. The summed E-state index contributed by atoms with van der Waals surface area (Å²) in [5, 5.41) is 2.10. The van der Waals surface area contributed by atoms with Crippen molar-refractivity contribution in [2.45, 2.75) is 30.5 Å². The molecule has 192 valence electrons. The lowest BCUT2D eigenvalue weighted by Gasteiger charge is -2.17. The Morgan fingerprint density at radius 2 is 1.56 bits per heavy atom. The highest BCUT2D eigenvalue weighted by Gasteiger charge is 2.33. The Bertz CT molecular complexity index is 1320. The molecule has 0 unspecified atom stereocenters. The molecule has 0 spiro atoms. The van der Waals surface area contributed by atoms with Gasteiger partial charge in [0, 0.05) is 11.4 Å². The van der Waals surface area contributed by atoms with Gasteiger partial charge < -0.3 is 14.8 Å². The maximum atomic E-state index is 13.1. The first kappa shape index (κ1) is 27.2. The normalized spacial score (nSPS) is 12.5. The average molecular weight is 543 g/mol. The van der Waals surface area contributed by atoms with Crippen LogP contribution in [0.2, 0.25) is 5.02 Å². The molecule has 0 aliphatic carbocycles. The number of hydrogen-bond donors (Lipinski definition) is 2. The molecule has 1 amide bonds. The minimum absolute atomic E-state index is 0.217. The summed E-state index contributed by atoms with van der Waals surface area (Å²) in [5.41, 5.74) is -1.16. The zero-order valence-corrected chi connectivity index (χ0v) is 20.7. The van der Waals surface area contributed by atoms with Gasteiger partial charge in [0.05, 0.1) is 22.6 Å². The first-order valence-electron chi connectivity index (χ1n) is 10.5. The first-order chi connectivity index (χ1) is 16.9. The van der Waals surface area contributed by atoms with Crippen LogP contribution in [0.4, 0.5) is 24.5 Å². The quantitative estimate of drug-likeness (QED) is 0.348. The molecule has 3 aromatic carbocycles. The van der Waals surface area contributed by atoms with Crippen LogP contribution in [0.15, 0.2) is 71.6 Å². The van der Waals surface area contributed by atoms with Gasteiger partial charge in [-0.15, -0.1) is 0 Å². The smallest absolute Gasteiger partial charge is 0.417 e. The molecule has 0 heterocycles. The van der Waals surface area contributed by atoms with Crippen LogP contribution in [0.1, 0.15) is 18.9 Å². The van der Waals surface area contributed by atoms with E-state index < -0.39 is 38.8 Å². The van der Waals surface area contributed by atoms with Gasteiger partial charge in [0.25, 0.3) is 15.9 Å². The Hall–Kier alpha value is -3.44. The van der Waals surface area contributed by atoms with Crippen molar-refractivity contribution in [3.05, 3.63) is 77.3 Å². The molecule has 0 bridgehead atoms. The molecule has 0 saturated heterocycles. The summed E-state index contributed by atoms with van der Waals surface area (Å²) in [6.45, 7) is 1.77. The minimum atomic E-state index is -4.74. The predicted molar refractivity (Wildman–Crippen MR) is 130 cm³/mol. The summed E-state index contributed by atoms with van der Waals surface area (Å²) < 4.78 is 77.4. The molecule has 0 fully saturated rings. The second-order valence-electron chi connectivity index (χ2n) is 7.50. The second kappa shape index (κ2) is 11.1. The number of benzene rings is 3. The van der Waals surface area contributed by atoms with Crippen molar-refractivity contribution in [3.63, 3.8) is 0 Å². The van der Waals surface area contributed by atoms with Crippen LogP contribution in [0, 0.1) is 0 Å². The number of nitrogens with one attached hydrogen (secondary N) is 2. The Labute approximate surface area is 211 Å². The number of alkyl halides is 3. The van der Waals surface area contributed by atoms with Crippen molar-refractivity contribution < 1.29 is 35.9 Å². The van der Waals surface area contributed by atoms with Gasteiger partial charge in [0.2, 0.25) is 0 Å². The Morgan fingerprint density at radius 3 is 2.11 bits per heavy atom. The molecule has 0 aliphatic heterocycles. The summed E-state index contributed by atoms with van der Waals surface area (Å²) in [4.78, 5) is 12.4. The average Bonchev–Trinajstić information content (AvgIpc) is 2.83. The maximum Gasteiger partial charge on any atom is 0.417 e. The molecular weight excluding hydrogens is 521 g/mol. The van der Waals surface area contributed by atoms with E-state index in [4.69, 9.17) is 21.1 Å². The molecule has 0 aliphatic rings. The van der Waals surface area contributed by atoms with Gasteiger partial charge in [-0.3, -0.25) is 9.52 Å².